The van der Waals surface area contributed by atoms with Gasteiger partial charge in [0.15, 0.2) is 5.82 Å². The van der Waals surface area contributed by atoms with Gasteiger partial charge in [-0.2, -0.15) is 5.10 Å². The van der Waals surface area contributed by atoms with E-state index in [4.69, 9.17) is 10.1 Å². The van der Waals surface area contributed by atoms with Crippen LogP contribution >= 0.6 is 0 Å². The van der Waals surface area contributed by atoms with Crippen molar-refractivity contribution >= 4 is 0 Å². The average Bonchev–Trinajstić information content (AvgIpc) is 3.41. The standard InChI is InChI=1S/C20H29N5O/c1-2-23-10-12-24(13-11-23)16-18-21-19(22-25(18)14-15-26)20(8-9-20)17-6-4-3-5-7-17/h3-7,26H,2,8-16H2,1H3. The van der Waals surface area contributed by atoms with Gasteiger partial charge in [0.05, 0.1) is 25.1 Å². The van der Waals surface area contributed by atoms with Crippen LogP contribution in [-0.4, -0.2) is 69.0 Å². The summed E-state index contributed by atoms with van der Waals surface area (Å²) in [4.78, 5) is 9.89. The highest BCUT2D eigenvalue weighted by molar-refractivity contribution is 5.39. The SMILES string of the molecule is CCN1CCN(Cc2nc(C3(c4ccccc4)CC3)nn2CCO)CC1. The Morgan fingerprint density at radius 3 is 2.35 bits per heavy atom. The summed E-state index contributed by atoms with van der Waals surface area (Å²) in [5, 5.41) is 14.3. The fraction of sp³-hybridized carbons (Fsp3) is 0.600. The van der Waals surface area contributed by atoms with Gasteiger partial charge < -0.3 is 10.0 Å². The van der Waals surface area contributed by atoms with Crippen molar-refractivity contribution in [3.63, 3.8) is 0 Å². The third-order valence-electron chi connectivity index (χ3n) is 5.84. The van der Waals surface area contributed by atoms with Crippen molar-refractivity contribution < 1.29 is 5.11 Å². The Morgan fingerprint density at radius 1 is 1.04 bits per heavy atom. The molecule has 140 valence electrons. The maximum absolute atomic E-state index is 9.45. The first-order valence-electron chi connectivity index (χ1n) is 9.80. The summed E-state index contributed by atoms with van der Waals surface area (Å²) in [7, 11) is 0. The van der Waals surface area contributed by atoms with E-state index >= 15 is 0 Å². The lowest BCUT2D eigenvalue weighted by atomic mass is 9.95. The number of nitrogens with zero attached hydrogens (tertiary/aromatic N) is 5. The molecular formula is C20H29N5O. The molecule has 2 fully saturated rings. The van der Waals surface area contributed by atoms with Crippen LogP contribution in [0.1, 0.15) is 37.0 Å². The normalized spacial score (nSPS) is 20.4. The van der Waals surface area contributed by atoms with Gasteiger partial charge in [0.25, 0.3) is 0 Å². The summed E-state index contributed by atoms with van der Waals surface area (Å²) < 4.78 is 1.92. The maximum Gasteiger partial charge on any atom is 0.161 e. The number of hydrogen-bond acceptors (Lipinski definition) is 5. The summed E-state index contributed by atoms with van der Waals surface area (Å²) >= 11 is 0. The predicted molar refractivity (Wildman–Crippen MR) is 101 cm³/mol. The third kappa shape index (κ3) is 3.41. The maximum atomic E-state index is 9.45. The van der Waals surface area contributed by atoms with E-state index in [0.29, 0.717) is 6.54 Å². The van der Waals surface area contributed by atoms with E-state index < -0.39 is 0 Å². The molecule has 1 aliphatic carbocycles. The van der Waals surface area contributed by atoms with Crippen LogP contribution in [0.15, 0.2) is 30.3 Å². The lowest BCUT2D eigenvalue weighted by Crippen LogP contribution is -2.45. The lowest BCUT2D eigenvalue weighted by molar-refractivity contribution is 0.127. The summed E-state index contributed by atoms with van der Waals surface area (Å²) in [6.07, 6.45) is 2.21. The van der Waals surface area contributed by atoms with Gasteiger partial charge in [0.2, 0.25) is 0 Å². The Bertz CT molecular complexity index is 717. The van der Waals surface area contributed by atoms with Crippen LogP contribution in [0, 0.1) is 0 Å². The van der Waals surface area contributed by atoms with Crippen molar-refractivity contribution in [1.29, 1.82) is 0 Å². The van der Waals surface area contributed by atoms with E-state index in [9.17, 15) is 5.11 Å². The predicted octanol–water partition coefficient (Wildman–Crippen LogP) is 1.49. The third-order valence-corrected chi connectivity index (χ3v) is 5.84. The van der Waals surface area contributed by atoms with Crippen molar-refractivity contribution in [2.75, 3.05) is 39.3 Å². The second kappa shape index (κ2) is 7.47. The van der Waals surface area contributed by atoms with Crippen molar-refractivity contribution in [3.8, 4) is 0 Å². The molecule has 0 radical (unpaired) electrons. The van der Waals surface area contributed by atoms with Crippen LogP contribution in [0.25, 0.3) is 0 Å². The van der Waals surface area contributed by atoms with Gasteiger partial charge in [-0.3, -0.25) is 4.90 Å². The van der Waals surface area contributed by atoms with Gasteiger partial charge in [0.1, 0.15) is 5.82 Å². The minimum atomic E-state index is -0.0162. The first-order chi connectivity index (χ1) is 12.7. The van der Waals surface area contributed by atoms with Crippen LogP contribution < -0.4 is 0 Å². The number of aliphatic hydroxyl groups excluding tert-OH is 1. The summed E-state index contributed by atoms with van der Waals surface area (Å²) in [6, 6.07) is 10.6. The Hall–Kier alpha value is -1.76. The highest BCUT2D eigenvalue weighted by Gasteiger charge is 2.49. The van der Waals surface area contributed by atoms with Gasteiger partial charge in [0, 0.05) is 26.2 Å². The van der Waals surface area contributed by atoms with Gasteiger partial charge in [-0.1, -0.05) is 37.3 Å². The molecular weight excluding hydrogens is 326 g/mol. The smallest absolute Gasteiger partial charge is 0.161 e. The average molecular weight is 355 g/mol. The molecule has 1 aromatic carbocycles. The number of likely N-dealkylation sites (N-methyl/N-ethyl adjacent to an activating group) is 1. The number of hydrogen-bond donors (Lipinski definition) is 1. The summed E-state index contributed by atoms with van der Waals surface area (Å²) in [5.41, 5.74) is 1.29. The number of rotatable bonds is 7. The first kappa shape index (κ1) is 17.6. The van der Waals surface area contributed by atoms with Gasteiger partial charge in [-0.15, -0.1) is 0 Å². The van der Waals surface area contributed by atoms with E-state index in [-0.39, 0.29) is 12.0 Å². The minimum absolute atomic E-state index is 0.0162. The second-order valence-electron chi connectivity index (χ2n) is 7.46. The molecule has 6 heteroatoms. The van der Waals surface area contributed by atoms with E-state index in [1.165, 1.54) is 5.56 Å². The highest BCUT2D eigenvalue weighted by atomic mass is 16.3. The van der Waals surface area contributed by atoms with E-state index in [1.807, 2.05) is 4.68 Å². The van der Waals surface area contributed by atoms with E-state index in [0.717, 1.165) is 63.8 Å². The molecule has 26 heavy (non-hydrogen) atoms. The van der Waals surface area contributed by atoms with Crippen molar-refractivity contribution in [2.45, 2.75) is 38.3 Å². The molecule has 1 aromatic heterocycles. The zero-order valence-electron chi connectivity index (χ0n) is 15.6. The Balaban J connectivity index is 1.54. The van der Waals surface area contributed by atoms with E-state index in [1.54, 1.807) is 0 Å². The molecule has 1 saturated heterocycles. The Labute approximate surface area is 155 Å². The molecule has 2 aromatic rings. The highest BCUT2D eigenvalue weighted by Crippen LogP contribution is 2.52. The van der Waals surface area contributed by atoms with Crippen LogP contribution in [0.5, 0.6) is 0 Å². The monoisotopic (exact) mass is 355 g/mol. The van der Waals surface area contributed by atoms with Crippen molar-refractivity contribution in [1.82, 2.24) is 24.6 Å². The van der Waals surface area contributed by atoms with Crippen LogP contribution in [-0.2, 0) is 18.5 Å². The van der Waals surface area contributed by atoms with Crippen LogP contribution in [0.3, 0.4) is 0 Å². The summed E-state index contributed by atoms with van der Waals surface area (Å²) in [6.45, 7) is 9.14. The molecule has 0 bridgehead atoms. The number of aliphatic hydroxyl groups is 1. The minimum Gasteiger partial charge on any atom is -0.394 e. The second-order valence-corrected chi connectivity index (χ2v) is 7.46. The number of aromatic nitrogens is 3. The lowest BCUT2D eigenvalue weighted by Gasteiger charge is -2.33. The number of piperazine rings is 1. The Morgan fingerprint density at radius 2 is 1.73 bits per heavy atom. The molecule has 1 N–H and O–H groups in total. The largest absolute Gasteiger partial charge is 0.394 e. The van der Waals surface area contributed by atoms with Crippen molar-refractivity contribution in [2.24, 2.45) is 0 Å². The molecule has 2 aliphatic rings. The number of benzene rings is 1. The van der Waals surface area contributed by atoms with Crippen LogP contribution in [0.4, 0.5) is 0 Å². The Kier molecular flexibility index (Phi) is 5.07. The zero-order chi connectivity index (χ0) is 18.0. The zero-order valence-corrected chi connectivity index (χ0v) is 15.6. The van der Waals surface area contributed by atoms with Gasteiger partial charge in [-0.05, 0) is 24.9 Å². The molecule has 0 unspecified atom stereocenters. The molecule has 6 nitrogen and oxygen atoms in total. The molecule has 4 rings (SSSR count). The van der Waals surface area contributed by atoms with Crippen LogP contribution in [0.2, 0.25) is 0 Å². The molecule has 0 amide bonds. The fourth-order valence-corrected chi connectivity index (χ4v) is 3.96. The van der Waals surface area contributed by atoms with Crippen molar-refractivity contribution in [3.05, 3.63) is 47.5 Å². The first-order valence-corrected chi connectivity index (χ1v) is 9.80. The molecule has 0 atom stereocenters. The van der Waals surface area contributed by atoms with Gasteiger partial charge >= 0.3 is 0 Å². The topological polar surface area (TPSA) is 57.4 Å². The molecule has 2 heterocycles. The van der Waals surface area contributed by atoms with Gasteiger partial charge in [-0.25, -0.2) is 9.67 Å². The van der Waals surface area contributed by atoms with E-state index in [2.05, 4.69) is 47.1 Å². The molecule has 0 spiro atoms. The fourth-order valence-electron chi connectivity index (χ4n) is 3.96. The molecule has 1 saturated carbocycles. The molecule has 1 aliphatic heterocycles. The quantitative estimate of drug-likeness (QED) is 0.815. The summed E-state index contributed by atoms with van der Waals surface area (Å²) in [5.74, 6) is 1.92.